The number of aryl methyl sites for hydroxylation is 1. The first-order valence-corrected chi connectivity index (χ1v) is 7.70. The highest BCUT2D eigenvalue weighted by Crippen LogP contribution is 2.35. The Balaban J connectivity index is 2.05. The first-order chi connectivity index (χ1) is 11.5. The first-order valence-electron chi connectivity index (χ1n) is 7.70. The van der Waals surface area contributed by atoms with Gasteiger partial charge < -0.3 is 15.3 Å². The largest absolute Gasteiger partial charge is 0.513 e. The van der Waals surface area contributed by atoms with E-state index < -0.39 is 0 Å². The van der Waals surface area contributed by atoms with Gasteiger partial charge in [-0.3, -0.25) is 9.48 Å². The summed E-state index contributed by atoms with van der Waals surface area (Å²) in [4.78, 5) is 14.7. The van der Waals surface area contributed by atoms with E-state index in [-0.39, 0.29) is 11.7 Å². The Morgan fingerprint density at radius 3 is 2.79 bits per heavy atom. The molecule has 1 aromatic carbocycles. The van der Waals surface area contributed by atoms with Gasteiger partial charge in [0.2, 0.25) is 0 Å². The van der Waals surface area contributed by atoms with Crippen LogP contribution in [-0.4, -0.2) is 20.8 Å². The zero-order valence-corrected chi connectivity index (χ0v) is 13.9. The van der Waals surface area contributed by atoms with Gasteiger partial charge in [-0.15, -0.1) is 0 Å². The second-order valence-corrected chi connectivity index (χ2v) is 5.83. The van der Waals surface area contributed by atoms with Crippen LogP contribution in [-0.2, 0) is 18.4 Å². The Labute approximate surface area is 140 Å². The van der Waals surface area contributed by atoms with Crippen molar-refractivity contribution in [3.05, 3.63) is 59.5 Å². The lowest BCUT2D eigenvalue weighted by molar-refractivity contribution is -0.115. The van der Waals surface area contributed by atoms with Crippen LogP contribution < -0.4 is 10.2 Å². The minimum atomic E-state index is -0.113. The molecule has 6 heteroatoms. The SMILES string of the molecule is C/C(O)=C\C=C(/C)C(=O)N1Cc2cnn(C)c2Nc2ccccc21. The minimum absolute atomic E-state index is 0.113. The van der Waals surface area contributed by atoms with Crippen molar-refractivity contribution >= 4 is 23.1 Å². The standard InChI is InChI=1S/C18H20N4O2/c1-12(8-9-13(2)23)18(24)22-11-14-10-19-21(3)17(14)20-15-6-4-5-7-16(15)22/h4-10,20,23H,11H2,1-3H3/b12-8+,13-9+. The molecular formula is C18H20N4O2. The molecule has 0 saturated heterocycles. The molecule has 0 atom stereocenters. The quantitative estimate of drug-likeness (QED) is 0.504. The zero-order chi connectivity index (χ0) is 17.3. The summed E-state index contributed by atoms with van der Waals surface area (Å²) in [5, 5.41) is 16.9. The summed E-state index contributed by atoms with van der Waals surface area (Å²) in [6, 6.07) is 7.69. The molecule has 0 unspecified atom stereocenters. The van der Waals surface area contributed by atoms with Crippen molar-refractivity contribution in [1.29, 1.82) is 0 Å². The molecule has 2 heterocycles. The van der Waals surface area contributed by atoms with Crippen LogP contribution in [0.4, 0.5) is 17.2 Å². The number of carbonyl (C=O) groups excluding carboxylic acids is 1. The highest BCUT2D eigenvalue weighted by atomic mass is 16.3. The van der Waals surface area contributed by atoms with E-state index in [4.69, 9.17) is 0 Å². The molecule has 2 aromatic rings. The third kappa shape index (κ3) is 2.90. The van der Waals surface area contributed by atoms with E-state index in [9.17, 15) is 9.90 Å². The number of benzene rings is 1. The van der Waals surface area contributed by atoms with Crippen LogP contribution in [0.2, 0.25) is 0 Å². The van der Waals surface area contributed by atoms with E-state index in [2.05, 4.69) is 10.4 Å². The van der Waals surface area contributed by atoms with Crippen LogP contribution in [0.15, 0.2) is 53.9 Å². The molecule has 0 radical (unpaired) electrons. The van der Waals surface area contributed by atoms with Crippen molar-refractivity contribution in [3.8, 4) is 0 Å². The van der Waals surface area contributed by atoms with Gasteiger partial charge in [0.15, 0.2) is 0 Å². The molecule has 0 spiro atoms. The maximum absolute atomic E-state index is 12.9. The van der Waals surface area contributed by atoms with E-state index in [0.717, 1.165) is 22.8 Å². The Morgan fingerprint density at radius 1 is 1.29 bits per heavy atom. The molecule has 124 valence electrons. The Bertz CT molecular complexity index is 844. The molecule has 0 aliphatic carbocycles. The number of hydrogen-bond acceptors (Lipinski definition) is 4. The van der Waals surface area contributed by atoms with Crippen LogP contribution in [0, 0.1) is 0 Å². The van der Waals surface area contributed by atoms with Crippen molar-refractivity contribution in [2.75, 3.05) is 10.2 Å². The summed E-state index contributed by atoms with van der Waals surface area (Å²) < 4.78 is 1.76. The highest BCUT2D eigenvalue weighted by molar-refractivity contribution is 6.07. The number of hydrogen-bond donors (Lipinski definition) is 2. The number of carbonyl (C=O) groups is 1. The van der Waals surface area contributed by atoms with Crippen LogP contribution in [0.5, 0.6) is 0 Å². The number of rotatable bonds is 2. The van der Waals surface area contributed by atoms with E-state index >= 15 is 0 Å². The van der Waals surface area contributed by atoms with Gasteiger partial charge >= 0.3 is 0 Å². The fourth-order valence-corrected chi connectivity index (χ4v) is 2.67. The fourth-order valence-electron chi connectivity index (χ4n) is 2.67. The number of amides is 1. The van der Waals surface area contributed by atoms with Crippen LogP contribution in [0.3, 0.4) is 0 Å². The van der Waals surface area contributed by atoms with Crippen molar-refractivity contribution in [2.24, 2.45) is 7.05 Å². The molecule has 2 N–H and O–H groups in total. The Kier molecular flexibility index (Phi) is 4.12. The molecule has 0 bridgehead atoms. The molecule has 24 heavy (non-hydrogen) atoms. The number of nitrogens with zero attached hydrogens (tertiary/aromatic N) is 3. The third-order valence-electron chi connectivity index (χ3n) is 3.95. The fraction of sp³-hybridized carbons (Fsp3) is 0.222. The Morgan fingerprint density at radius 2 is 2.04 bits per heavy atom. The van der Waals surface area contributed by atoms with Crippen LogP contribution >= 0.6 is 0 Å². The number of nitrogens with one attached hydrogen (secondary N) is 1. The lowest BCUT2D eigenvalue weighted by Gasteiger charge is -2.22. The van der Waals surface area contributed by atoms with Gasteiger partial charge in [0.1, 0.15) is 5.82 Å². The van der Waals surface area contributed by atoms with Crippen LogP contribution in [0.25, 0.3) is 0 Å². The number of para-hydroxylation sites is 2. The van der Waals surface area contributed by atoms with Gasteiger partial charge in [0.05, 0.1) is 29.9 Å². The molecule has 1 amide bonds. The first kappa shape index (κ1) is 15.9. The minimum Gasteiger partial charge on any atom is -0.513 e. The van der Waals surface area contributed by atoms with Crippen molar-refractivity contribution < 1.29 is 9.90 Å². The van der Waals surface area contributed by atoms with Gasteiger partial charge in [-0.25, -0.2) is 0 Å². The number of anilines is 3. The molecule has 0 saturated carbocycles. The van der Waals surface area contributed by atoms with Gasteiger partial charge in [-0.05, 0) is 32.1 Å². The van der Waals surface area contributed by atoms with E-state index in [0.29, 0.717) is 12.1 Å². The predicted molar refractivity (Wildman–Crippen MR) is 94.3 cm³/mol. The zero-order valence-electron chi connectivity index (χ0n) is 13.9. The normalized spacial score (nSPS) is 14.5. The molecule has 1 aromatic heterocycles. The molecular weight excluding hydrogens is 304 g/mol. The van der Waals surface area contributed by atoms with E-state index in [1.807, 2.05) is 31.3 Å². The lowest BCUT2D eigenvalue weighted by Crippen LogP contribution is -2.30. The summed E-state index contributed by atoms with van der Waals surface area (Å²) >= 11 is 0. The van der Waals surface area contributed by atoms with E-state index in [1.165, 1.54) is 6.08 Å². The molecule has 6 nitrogen and oxygen atoms in total. The van der Waals surface area contributed by atoms with Gasteiger partial charge in [0.25, 0.3) is 5.91 Å². The number of aliphatic hydroxyl groups excluding tert-OH is 1. The second kappa shape index (κ2) is 6.23. The third-order valence-corrected chi connectivity index (χ3v) is 3.95. The highest BCUT2D eigenvalue weighted by Gasteiger charge is 2.26. The Hall–Kier alpha value is -3.02. The predicted octanol–water partition coefficient (Wildman–Crippen LogP) is 3.42. The summed E-state index contributed by atoms with van der Waals surface area (Å²) in [7, 11) is 1.87. The summed E-state index contributed by atoms with van der Waals surface area (Å²) in [6.07, 6.45) is 4.92. The maximum atomic E-state index is 12.9. The number of fused-ring (bicyclic) bond motifs is 2. The topological polar surface area (TPSA) is 70.4 Å². The maximum Gasteiger partial charge on any atom is 0.254 e. The molecule has 0 fully saturated rings. The summed E-state index contributed by atoms with van der Waals surface area (Å²) in [5.74, 6) is 0.929. The lowest BCUT2D eigenvalue weighted by atomic mass is 10.2. The van der Waals surface area contributed by atoms with Crippen molar-refractivity contribution in [2.45, 2.75) is 20.4 Å². The number of allylic oxidation sites excluding steroid dienone is 3. The van der Waals surface area contributed by atoms with E-state index in [1.54, 1.807) is 35.7 Å². The van der Waals surface area contributed by atoms with Crippen LogP contribution in [0.1, 0.15) is 19.4 Å². The second-order valence-electron chi connectivity index (χ2n) is 5.83. The molecule has 1 aliphatic heterocycles. The van der Waals surface area contributed by atoms with Gasteiger partial charge in [0, 0.05) is 18.2 Å². The average molecular weight is 324 g/mol. The van der Waals surface area contributed by atoms with Crippen molar-refractivity contribution in [1.82, 2.24) is 9.78 Å². The molecule has 1 aliphatic rings. The monoisotopic (exact) mass is 324 g/mol. The number of aromatic nitrogens is 2. The van der Waals surface area contributed by atoms with Gasteiger partial charge in [-0.2, -0.15) is 5.10 Å². The number of aliphatic hydroxyl groups is 1. The van der Waals surface area contributed by atoms with Crippen molar-refractivity contribution in [3.63, 3.8) is 0 Å². The smallest absolute Gasteiger partial charge is 0.254 e. The summed E-state index contributed by atoms with van der Waals surface area (Å²) in [6.45, 7) is 3.74. The average Bonchev–Trinajstić information content (AvgIpc) is 2.81. The van der Waals surface area contributed by atoms with Gasteiger partial charge in [-0.1, -0.05) is 18.2 Å². The summed E-state index contributed by atoms with van der Waals surface area (Å²) in [5.41, 5.74) is 3.17. The molecule has 3 rings (SSSR count).